The maximum Gasteiger partial charge on any atom is 0.253 e. The molecule has 2 aliphatic heterocycles. The fraction of sp³-hybridized carbons (Fsp3) is 0.682. The van der Waals surface area contributed by atoms with E-state index in [4.69, 9.17) is 9.47 Å². The van der Waals surface area contributed by atoms with Crippen molar-refractivity contribution >= 4 is 15.9 Å². The summed E-state index contributed by atoms with van der Waals surface area (Å²) in [6.45, 7) is 6.57. The Balaban J connectivity index is 1.53. The molecule has 168 valence electrons. The van der Waals surface area contributed by atoms with Crippen molar-refractivity contribution < 1.29 is 22.7 Å². The molecule has 0 spiro atoms. The van der Waals surface area contributed by atoms with Gasteiger partial charge in [-0.2, -0.15) is 4.31 Å². The molecule has 1 aromatic carbocycles. The molecule has 2 aliphatic rings. The molecular weight excluding hydrogens is 404 g/mol. The number of ether oxygens (including phenoxy) is 2. The Morgan fingerprint density at radius 2 is 1.63 bits per heavy atom. The molecule has 0 aromatic heterocycles. The minimum absolute atomic E-state index is 0.0375. The minimum atomic E-state index is -3.49. The van der Waals surface area contributed by atoms with Crippen LogP contribution in [-0.2, 0) is 19.5 Å². The quantitative estimate of drug-likeness (QED) is 0.583. The third-order valence-corrected chi connectivity index (χ3v) is 8.08. The molecule has 3 rings (SSSR count). The van der Waals surface area contributed by atoms with Crippen molar-refractivity contribution in [3.8, 4) is 0 Å². The third-order valence-electron chi connectivity index (χ3n) is 6.17. The van der Waals surface area contributed by atoms with Gasteiger partial charge >= 0.3 is 0 Å². The van der Waals surface area contributed by atoms with Gasteiger partial charge in [0.2, 0.25) is 10.0 Å². The molecule has 2 saturated heterocycles. The molecule has 1 amide bonds. The fourth-order valence-electron chi connectivity index (χ4n) is 4.02. The van der Waals surface area contributed by atoms with E-state index in [2.05, 4.69) is 6.92 Å². The van der Waals surface area contributed by atoms with E-state index in [-0.39, 0.29) is 10.8 Å². The normalized spacial score (nSPS) is 19.9. The van der Waals surface area contributed by atoms with Crippen LogP contribution >= 0.6 is 0 Å². The Kier molecular flexibility index (Phi) is 8.27. The van der Waals surface area contributed by atoms with Gasteiger partial charge < -0.3 is 14.4 Å². The van der Waals surface area contributed by atoms with Gasteiger partial charge in [0.05, 0.1) is 18.1 Å². The molecule has 30 heavy (non-hydrogen) atoms. The van der Waals surface area contributed by atoms with Crippen molar-refractivity contribution in [2.45, 2.75) is 37.5 Å². The first-order chi connectivity index (χ1) is 14.4. The van der Waals surface area contributed by atoms with E-state index in [1.807, 2.05) is 4.90 Å². The molecule has 0 radical (unpaired) electrons. The standard InChI is InChI=1S/C22H34N2O5S/c1-18-7-13-24(14-8-18)30(26,27)21-5-3-20(4-6-21)22(25)23-11-9-19(10-12-23)17-29-16-15-28-2/h3-6,18-19H,7-17H2,1-2H3. The molecule has 0 bridgehead atoms. The van der Waals surface area contributed by atoms with Crippen LogP contribution in [0.2, 0.25) is 0 Å². The Hall–Kier alpha value is -1.48. The average molecular weight is 439 g/mol. The lowest BCUT2D eigenvalue weighted by atomic mass is 9.97. The van der Waals surface area contributed by atoms with Crippen LogP contribution in [0.3, 0.4) is 0 Å². The first-order valence-electron chi connectivity index (χ1n) is 10.9. The predicted molar refractivity (Wildman–Crippen MR) is 115 cm³/mol. The Morgan fingerprint density at radius 1 is 1.00 bits per heavy atom. The summed E-state index contributed by atoms with van der Waals surface area (Å²) >= 11 is 0. The van der Waals surface area contributed by atoms with E-state index in [1.54, 1.807) is 35.7 Å². The molecular formula is C22H34N2O5S. The second-order valence-electron chi connectivity index (χ2n) is 8.41. The van der Waals surface area contributed by atoms with Crippen LogP contribution in [0.15, 0.2) is 29.2 Å². The van der Waals surface area contributed by atoms with Gasteiger partial charge in [-0.05, 0) is 61.8 Å². The van der Waals surface area contributed by atoms with Gasteiger partial charge in [-0.3, -0.25) is 4.79 Å². The Bertz CT molecular complexity index is 780. The number of carbonyl (C=O) groups is 1. The minimum Gasteiger partial charge on any atom is -0.382 e. The summed E-state index contributed by atoms with van der Waals surface area (Å²) in [7, 11) is -1.83. The highest BCUT2D eigenvalue weighted by Gasteiger charge is 2.29. The van der Waals surface area contributed by atoms with E-state index >= 15 is 0 Å². The van der Waals surface area contributed by atoms with Crippen molar-refractivity contribution in [3.05, 3.63) is 29.8 Å². The van der Waals surface area contributed by atoms with Gasteiger partial charge in [-0.15, -0.1) is 0 Å². The maximum atomic E-state index is 12.9. The highest BCUT2D eigenvalue weighted by Crippen LogP contribution is 2.24. The number of hydrogen-bond donors (Lipinski definition) is 0. The van der Waals surface area contributed by atoms with Crippen LogP contribution in [0.5, 0.6) is 0 Å². The second-order valence-corrected chi connectivity index (χ2v) is 10.4. The largest absolute Gasteiger partial charge is 0.382 e. The Morgan fingerprint density at radius 3 is 2.23 bits per heavy atom. The summed E-state index contributed by atoms with van der Waals surface area (Å²) in [5.74, 6) is 0.993. The van der Waals surface area contributed by atoms with Gasteiger partial charge in [-0.1, -0.05) is 6.92 Å². The van der Waals surface area contributed by atoms with Crippen molar-refractivity contribution in [1.82, 2.24) is 9.21 Å². The lowest BCUT2D eigenvalue weighted by molar-refractivity contribution is 0.0327. The molecule has 1 aromatic rings. The van der Waals surface area contributed by atoms with E-state index < -0.39 is 10.0 Å². The number of nitrogens with zero attached hydrogens (tertiary/aromatic N) is 2. The number of hydrogen-bond acceptors (Lipinski definition) is 5. The van der Waals surface area contributed by atoms with Gasteiger partial charge in [0.1, 0.15) is 0 Å². The van der Waals surface area contributed by atoms with E-state index in [0.717, 1.165) is 25.7 Å². The predicted octanol–water partition coefficient (Wildman–Crippen LogP) is 2.62. The first-order valence-corrected chi connectivity index (χ1v) is 12.3. The summed E-state index contributed by atoms with van der Waals surface area (Å²) in [6.07, 6.45) is 3.61. The van der Waals surface area contributed by atoms with Crippen LogP contribution in [-0.4, -0.2) is 76.6 Å². The van der Waals surface area contributed by atoms with Gasteiger partial charge in [0.25, 0.3) is 5.91 Å². The lowest BCUT2D eigenvalue weighted by Crippen LogP contribution is -2.39. The molecule has 0 saturated carbocycles. The number of piperidine rings is 2. The molecule has 0 aliphatic carbocycles. The van der Waals surface area contributed by atoms with Gasteiger partial charge in [0, 0.05) is 45.5 Å². The average Bonchev–Trinajstić information content (AvgIpc) is 2.77. The Labute approximate surface area is 180 Å². The monoisotopic (exact) mass is 438 g/mol. The smallest absolute Gasteiger partial charge is 0.253 e. The van der Waals surface area contributed by atoms with Gasteiger partial charge in [-0.25, -0.2) is 8.42 Å². The highest BCUT2D eigenvalue weighted by molar-refractivity contribution is 7.89. The van der Waals surface area contributed by atoms with E-state index in [9.17, 15) is 13.2 Å². The lowest BCUT2D eigenvalue weighted by Gasteiger charge is -2.32. The third kappa shape index (κ3) is 5.81. The van der Waals surface area contributed by atoms with Crippen LogP contribution in [0, 0.1) is 11.8 Å². The number of rotatable bonds is 8. The van der Waals surface area contributed by atoms with Crippen LogP contribution in [0.4, 0.5) is 0 Å². The van der Waals surface area contributed by atoms with Crippen LogP contribution < -0.4 is 0 Å². The summed E-state index contributed by atoms with van der Waals surface area (Å²) in [5.41, 5.74) is 0.538. The van der Waals surface area contributed by atoms with Crippen LogP contribution in [0.1, 0.15) is 43.0 Å². The zero-order valence-corrected chi connectivity index (χ0v) is 18.9. The maximum absolute atomic E-state index is 12.9. The zero-order valence-electron chi connectivity index (χ0n) is 18.1. The summed E-state index contributed by atoms with van der Waals surface area (Å²) in [6, 6.07) is 6.41. The number of sulfonamides is 1. The van der Waals surface area contributed by atoms with Crippen molar-refractivity contribution in [1.29, 1.82) is 0 Å². The summed E-state index contributed by atoms with van der Waals surface area (Å²) < 4.78 is 37.8. The molecule has 0 unspecified atom stereocenters. The van der Waals surface area contributed by atoms with Crippen LogP contribution in [0.25, 0.3) is 0 Å². The van der Waals surface area contributed by atoms with Crippen molar-refractivity contribution in [3.63, 3.8) is 0 Å². The highest BCUT2D eigenvalue weighted by atomic mass is 32.2. The van der Waals surface area contributed by atoms with Gasteiger partial charge in [0.15, 0.2) is 0 Å². The molecule has 2 heterocycles. The molecule has 8 heteroatoms. The number of methoxy groups -OCH3 is 1. The second kappa shape index (κ2) is 10.7. The fourth-order valence-corrected chi connectivity index (χ4v) is 5.49. The number of benzene rings is 1. The topological polar surface area (TPSA) is 76.1 Å². The molecule has 0 atom stereocenters. The summed E-state index contributed by atoms with van der Waals surface area (Å²) in [5, 5.41) is 0. The molecule has 2 fully saturated rings. The molecule has 0 N–H and O–H groups in total. The van der Waals surface area contributed by atoms with Crippen molar-refractivity contribution in [2.24, 2.45) is 11.8 Å². The van der Waals surface area contributed by atoms with E-state index in [0.29, 0.717) is 63.4 Å². The first kappa shape index (κ1) is 23.2. The SMILES string of the molecule is COCCOCC1CCN(C(=O)c2ccc(S(=O)(=O)N3CCC(C)CC3)cc2)CC1. The zero-order chi connectivity index (χ0) is 21.6. The summed E-state index contributed by atoms with van der Waals surface area (Å²) in [4.78, 5) is 14.9. The number of likely N-dealkylation sites (tertiary alicyclic amines) is 1. The number of carbonyl (C=O) groups excluding carboxylic acids is 1. The van der Waals surface area contributed by atoms with E-state index in [1.165, 1.54) is 0 Å². The van der Waals surface area contributed by atoms with Crippen molar-refractivity contribution in [2.75, 3.05) is 53.1 Å². The number of amides is 1. The molecule has 7 nitrogen and oxygen atoms in total.